The van der Waals surface area contributed by atoms with Crippen molar-refractivity contribution in [1.82, 2.24) is 4.98 Å². The van der Waals surface area contributed by atoms with Gasteiger partial charge in [0.1, 0.15) is 0 Å². The Bertz CT molecular complexity index is 878. The molecule has 3 rings (SSSR count). The molecule has 0 saturated heterocycles. The van der Waals surface area contributed by atoms with Crippen LogP contribution in [-0.2, 0) is 9.59 Å². The molecule has 3 nitrogen and oxygen atoms in total. The second kappa shape index (κ2) is 8.05. The lowest BCUT2D eigenvalue weighted by Crippen LogP contribution is -2.16. The van der Waals surface area contributed by atoms with Gasteiger partial charge in [-0.1, -0.05) is 42.8 Å². The SMILES string of the molecule is Cc1cccc([C@@H](C)CCC(=O)C2=CC(c3ccncc3)=CCC2=O)c1. The molecule has 1 aliphatic rings. The molecular formula is C23H23NO2. The van der Waals surface area contributed by atoms with E-state index in [0.29, 0.717) is 12.0 Å². The van der Waals surface area contributed by atoms with Gasteiger partial charge in [0.2, 0.25) is 0 Å². The summed E-state index contributed by atoms with van der Waals surface area (Å²) in [5, 5.41) is 0. The third-order valence-corrected chi connectivity index (χ3v) is 4.84. The molecule has 0 aliphatic heterocycles. The summed E-state index contributed by atoms with van der Waals surface area (Å²) >= 11 is 0. The molecule has 1 aromatic carbocycles. The minimum absolute atomic E-state index is 0.0610. The molecule has 2 aromatic rings. The summed E-state index contributed by atoms with van der Waals surface area (Å²) in [6, 6.07) is 12.1. The van der Waals surface area contributed by atoms with Gasteiger partial charge in [-0.15, -0.1) is 0 Å². The van der Waals surface area contributed by atoms with E-state index in [4.69, 9.17) is 0 Å². The van der Waals surface area contributed by atoms with Crippen LogP contribution in [0.3, 0.4) is 0 Å². The number of Topliss-reactive ketones (excluding diaryl/α,β-unsaturated/α-hetero) is 2. The summed E-state index contributed by atoms with van der Waals surface area (Å²) in [4.78, 5) is 28.9. The molecule has 0 spiro atoms. The van der Waals surface area contributed by atoms with E-state index in [-0.39, 0.29) is 23.9 Å². The Balaban J connectivity index is 1.69. The Morgan fingerprint density at radius 3 is 2.69 bits per heavy atom. The molecule has 3 heteroatoms. The number of rotatable bonds is 6. The first-order valence-corrected chi connectivity index (χ1v) is 9.00. The largest absolute Gasteiger partial charge is 0.294 e. The van der Waals surface area contributed by atoms with Gasteiger partial charge in [-0.3, -0.25) is 14.6 Å². The summed E-state index contributed by atoms with van der Waals surface area (Å²) in [5.74, 6) is 0.138. The smallest absolute Gasteiger partial charge is 0.170 e. The molecule has 0 N–H and O–H groups in total. The lowest BCUT2D eigenvalue weighted by molar-refractivity contribution is -0.121. The van der Waals surface area contributed by atoms with Crippen molar-refractivity contribution in [1.29, 1.82) is 0 Å². The van der Waals surface area contributed by atoms with Crippen molar-refractivity contribution in [2.45, 2.75) is 39.0 Å². The van der Waals surface area contributed by atoms with Crippen LogP contribution in [0, 0.1) is 6.92 Å². The maximum Gasteiger partial charge on any atom is 0.170 e. The Kier molecular flexibility index (Phi) is 5.57. The predicted octanol–water partition coefficient (Wildman–Crippen LogP) is 4.83. The van der Waals surface area contributed by atoms with E-state index in [9.17, 15) is 9.59 Å². The zero-order valence-electron chi connectivity index (χ0n) is 15.2. The monoisotopic (exact) mass is 345 g/mol. The number of hydrogen-bond acceptors (Lipinski definition) is 3. The van der Waals surface area contributed by atoms with Crippen LogP contribution in [0.2, 0.25) is 0 Å². The number of allylic oxidation sites excluding steroid dienone is 4. The molecule has 1 heterocycles. The van der Waals surface area contributed by atoms with Gasteiger partial charge in [-0.2, -0.15) is 0 Å². The first-order valence-electron chi connectivity index (χ1n) is 9.00. The quantitative estimate of drug-likeness (QED) is 0.705. The molecular weight excluding hydrogens is 322 g/mol. The maximum absolute atomic E-state index is 12.7. The average molecular weight is 345 g/mol. The minimum Gasteiger partial charge on any atom is -0.294 e. The van der Waals surface area contributed by atoms with Crippen LogP contribution in [-0.4, -0.2) is 16.6 Å². The third kappa shape index (κ3) is 4.23. The van der Waals surface area contributed by atoms with E-state index in [1.54, 1.807) is 18.5 Å². The summed E-state index contributed by atoms with van der Waals surface area (Å²) in [6.07, 6.45) is 8.45. The molecule has 0 bridgehead atoms. The van der Waals surface area contributed by atoms with E-state index >= 15 is 0 Å². The Hall–Kier alpha value is -2.81. The van der Waals surface area contributed by atoms with Crippen LogP contribution < -0.4 is 0 Å². The number of nitrogens with zero attached hydrogens (tertiary/aromatic N) is 1. The zero-order valence-corrected chi connectivity index (χ0v) is 15.2. The second-order valence-corrected chi connectivity index (χ2v) is 6.86. The lowest BCUT2D eigenvalue weighted by atomic mass is 9.88. The topological polar surface area (TPSA) is 47.0 Å². The van der Waals surface area contributed by atoms with Crippen molar-refractivity contribution in [3.05, 3.63) is 83.2 Å². The zero-order chi connectivity index (χ0) is 18.5. The van der Waals surface area contributed by atoms with Crippen molar-refractivity contribution in [2.75, 3.05) is 0 Å². The number of aromatic nitrogens is 1. The maximum atomic E-state index is 12.7. The van der Waals surface area contributed by atoms with Crippen LogP contribution in [0.5, 0.6) is 0 Å². The Morgan fingerprint density at radius 1 is 1.19 bits per heavy atom. The summed E-state index contributed by atoms with van der Waals surface area (Å²) < 4.78 is 0. The van der Waals surface area contributed by atoms with Gasteiger partial charge in [-0.05, 0) is 54.2 Å². The second-order valence-electron chi connectivity index (χ2n) is 6.86. The molecule has 26 heavy (non-hydrogen) atoms. The molecule has 0 unspecified atom stereocenters. The van der Waals surface area contributed by atoms with Crippen molar-refractivity contribution in [3.8, 4) is 0 Å². The van der Waals surface area contributed by atoms with Crippen LogP contribution in [0.25, 0.3) is 5.57 Å². The highest BCUT2D eigenvalue weighted by Gasteiger charge is 2.22. The molecule has 132 valence electrons. The van der Waals surface area contributed by atoms with Crippen LogP contribution in [0.1, 0.15) is 48.8 Å². The van der Waals surface area contributed by atoms with Gasteiger partial charge in [0, 0.05) is 25.2 Å². The molecule has 1 atom stereocenters. The van der Waals surface area contributed by atoms with Gasteiger partial charge in [0.05, 0.1) is 5.57 Å². The predicted molar refractivity (Wildman–Crippen MR) is 104 cm³/mol. The van der Waals surface area contributed by atoms with Crippen molar-refractivity contribution < 1.29 is 9.59 Å². The van der Waals surface area contributed by atoms with E-state index in [2.05, 4.69) is 37.0 Å². The lowest BCUT2D eigenvalue weighted by Gasteiger charge is -2.15. The van der Waals surface area contributed by atoms with Crippen LogP contribution in [0.15, 0.2) is 66.5 Å². The number of carbonyl (C=O) groups is 2. The number of aryl methyl sites for hydroxylation is 1. The summed E-state index contributed by atoms with van der Waals surface area (Å²) in [6.45, 7) is 4.20. The average Bonchev–Trinajstić information content (AvgIpc) is 2.67. The summed E-state index contributed by atoms with van der Waals surface area (Å²) in [5.41, 5.74) is 4.68. The van der Waals surface area contributed by atoms with Crippen molar-refractivity contribution in [2.24, 2.45) is 0 Å². The molecule has 1 aliphatic carbocycles. The highest BCUT2D eigenvalue weighted by Crippen LogP contribution is 2.26. The number of pyridine rings is 1. The molecule has 0 amide bonds. The summed E-state index contributed by atoms with van der Waals surface area (Å²) in [7, 11) is 0. The van der Waals surface area contributed by atoms with Crippen molar-refractivity contribution in [3.63, 3.8) is 0 Å². The highest BCUT2D eigenvalue weighted by molar-refractivity contribution is 6.23. The molecule has 0 fully saturated rings. The normalized spacial score (nSPS) is 15.2. The fourth-order valence-corrected chi connectivity index (χ4v) is 3.21. The first kappa shape index (κ1) is 18.0. The Morgan fingerprint density at radius 2 is 1.96 bits per heavy atom. The van der Waals surface area contributed by atoms with Crippen molar-refractivity contribution >= 4 is 17.1 Å². The first-order chi connectivity index (χ1) is 12.5. The molecule has 0 saturated carbocycles. The fourth-order valence-electron chi connectivity index (χ4n) is 3.21. The van der Waals surface area contributed by atoms with Gasteiger partial charge in [0.25, 0.3) is 0 Å². The van der Waals surface area contributed by atoms with E-state index in [1.165, 1.54) is 11.1 Å². The van der Waals surface area contributed by atoms with Gasteiger partial charge < -0.3 is 0 Å². The third-order valence-electron chi connectivity index (χ3n) is 4.84. The Labute approximate surface area is 154 Å². The highest BCUT2D eigenvalue weighted by atomic mass is 16.1. The number of hydrogen-bond donors (Lipinski definition) is 0. The van der Waals surface area contributed by atoms with E-state index < -0.39 is 0 Å². The van der Waals surface area contributed by atoms with Gasteiger partial charge in [-0.25, -0.2) is 0 Å². The van der Waals surface area contributed by atoms with E-state index in [0.717, 1.165) is 17.6 Å². The van der Waals surface area contributed by atoms with Gasteiger partial charge in [0.15, 0.2) is 11.6 Å². The van der Waals surface area contributed by atoms with Crippen LogP contribution in [0.4, 0.5) is 0 Å². The number of benzene rings is 1. The molecule has 1 aromatic heterocycles. The van der Waals surface area contributed by atoms with Gasteiger partial charge >= 0.3 is 0 Å². The minimum atomic E-state index is -0.0870. The number of ketones is 2. The van der Waals surface area contributed by atoms with Crippen LogP contribution >= 0.6 is 0 Å². The number of carbonyl (C=O) groups excluding carboxylic acids is 2. The molecule has 0 radical (unpaired) electrons. The standard InChI is InChI=1S/C23H23NO2/c1-16-4-3-5-19(14-16)17(2)6-8-22(25)21-15-20(7-9-23(21)26)18-10-12-24-13-11-18/h3-5,7,10-15,17H,6,8-9H2,1-2H3/t17-/m0/s1. The van der Waals surface area contributed by atoms with E-state index in [1.807, 2.05) is 24.3 Å². The fraction of sp³-hybridized carbons (Fsp3) is 0.261.